The van der Waals surface area contributed by atoms with Gasteiger partial charge in [-0.25, -0.2) is 0 Å². The van der Waals surface area contributed by atoms with Crippen LogP contribution in [0.25, 0.3) is 88.8 Å². The second-order valence-corrected chi connectivity index (χ2v) is 14.1. The van der Waals surface area contributed by atoms with Crippen molar-refractivity contribution in [1.82, 2.24) is 13.7 Å². The van der Waals surface area contributed by atoms with Crippen molar-refractivity contribution in [3.8, 4) is 40.3 Å². The molecule has 0 N–H and O–H groups in total. The molecule has 0 atom stereocenters. The molecule has 0 unspecified atom stereocenters. The second kappa shape index (κ2) is 12.9. The Kier molecular flexibility index (Phi) is 7.56. The zero-order valence-electron chi connectivity index (χ0n) is 30.6. The zero-order chi connectivity index (χ0) is 37.9. The molecule has 0 amide bonds. The average Bonchev–Trinajstić information content (AvgIpc) is 3.86. The first-order valence-corrected chi connectivity index (χ1v) is 18.6. The van der Waals surface area contributed by atoms with Crippen molar-refractivity contribution in [3.05, 3.63) is 193 Å². The molecule has 0 spiro atoms. The van der Waals surface area contributed by atoms with Gasteiger partial charge in [0.25, 0.3) is 0 Å². The highest BCUT2D eigenvalue weighted by Crippen LogP contribution is 2.40. The molecule has 3 heterocycles. The van der Waals surface area contributed by atoms with Gasteiger partial charge in [0, 0.05) is 49.6 Å². The normalized spacial score (nSPS) is 11.6. The van der Waals surface area contributed by atoms with E-state index >= 15 is 0 Å². The number of benzene rings is 7. The van der Waals surface area contributed by atoms with Crippen LogP contribution in [0.2, 0.25) is 0 Å². The Labute approximate surface area is 323 Å². The molecule has 3 aromatic heterocycles. The third-order valence-electron chi connectivity index (χ3n) is 11.1. The molecule has 7 aromatic carbocycles. The molecule has 0 saturated carbocycles. The van der Waals surface area contributed by atoms with Crippen molar-refractivity contribution in [2.75, 3.05) is 0 Å². The van der Waals surface area contributed by atoms with Crippen LogP contribution >= 0.6 is 0 Å². The van der Waals surface area contributed by atoms with Crippen molar-refractivity contribution in [1.29, 1.82) is 10.5 Å². The number of aromatic nitrogens is 3. The molecule has 262 valence electrons. The first kappa shape index (κ1) is 32.8. The maximum absolute atomic E-state index is 10.6. The van der Waals surface area contributed by atoms with Gasteiger partial charge in [-0.05, 0) is 90.9 Å². The number of aryl methyl sites for hydroxylation is 1. The van der Waals surface area contributed by atoms with Crippen LogP contribution in [0.1, 0.15) is 22.4 Å². The molecule has 0 fully saturated rings. The first-order valence-electron chi connectivity index (χ1n) is 18.6. The standard InChI is InChI=1S/C51H33N5/c1-3-4-20-45-33(2)39-16-5-8-21-46(39)54(45)38-25-26-43-41-17-6-9-22-47(41)55(50(43)30-38)37-15-11-13-35(29-37)40-19-12-14-36(32-53)51(40)56-48-23-10-7-18-42(48)44-28-34(31-52)24-27-49(44)56/h3-30H,1H2,2H3/b20-4-. The van der Waals surface area contributed by atoms with E-state index in [0.717, 1.165) is 72.2 Å². The fourth-order valence-electron chi connectivity index (χ4n) is 8.64. The maximum Gasteiger partial charge on any atom is 0.101 e. The van der Waals surface area contributed by atoms with Gasteiger partial charge >= 0.3 is 0 Å². The summed E-state index contributed by atoms with van der Waals surface area (Å²) in [7, 11) is 0. The monoisotopic (exact) mass is 715 g/mol. The Bertz CT molecular complexity index is 3370. The van der Waals surface area contributed by atoms with Gasteiger partial charge in [0.2, 0.25) is 0 Å². The summed E-state index contributed by atoms with van der Waals surface area (Å²) in [5, 5.41) is 25.9. The SMILES string of the molecule is C=C/C=C\c1c(C)c2ccccc2n1-c1ccc2c3ccccc3n(-c3cccc(-c4cccc(C#N)c4-n4c5ccccc5c5cc(C#N)ccc54)c3)c2c1. The summed E-state index contributed by atoms with van der Waals surface area (Å²) < 4.78 is 6.88. The number of fused-ring (bicyclic) bond motifs is 7. The van der Waals surface area contributed by atoms with Crippen molar-refractivity contribution in [2.45, 2.75) is 6.92 Å². The summed E-state index contributed by atoms with van der Waals surface area (Å²) in [4.78, 5) is 0. The molecule has 0 aliphatic rings. The predicted molar refractivity (Wildman–Crippen MR) is 231 cm³/mol. The number of nitrogens with zero attached hydrogens (tertiary/aromatic N) is 5. The molecule has 0 bridgehead atoms. The van der Waals surface area contributed by atoms with Gasteiger partial charge in [0.1, 0.15) is 6.07 Å². The fraction of sp³-hybridized carbons (Fsp3) is 0.0196. The highest BCUT2D eigenvalue weighted by Gasteiger charge is 2.21. The van der Waals surface area contributed by atoms with E-state index in [4.69, 9.17) is 0 Å². The molecule has 5 nitrogen and oxygen atoms in total. The summed E-state index contributed by atoms with van der Waals surface area (Å²) in [6.45, 7) is 6.12. The number of nitriles is 2. The molecular weight excluding hydrogens is 683 g/mol. The molecule has 10 aromatic rings. The average molecular weight is 716 g/mol. The van der Waals surface area contributed by atoms with E-state index in [-0.39, 0.29) is 0 Å². The first-order chi connectivity index (χ1) is 27.6. The predicted octanol–water partition coefficient (Wildman–Crippen LogP) is 12.7. The lowest BCUT2D eigenvalue weighted by molar-refractivity contribution is 1.09. The lowest BCUT2D eigenvalue weighted by Crippen LogP contribution is -2.02. The third kappa shape index (κ3) is 4.86. The molecule has 10 rings (SSSR count). The molecule has 0 aliphatic carbocycles. The molecule has 56 heavy (non-hydrogen) atoms. The molecule has 0 radical (unpaired) electrons. The van der Waals surface area contributed by atoms with Gasteiger partial charge in [-0.3, -0.25) is 0 Å². The number of rotatable bonds is 6. The highest BCUT2D eigenvalue weighted by atomic mass is 15.0. The van der Waals surface area contributed by atoms with E-state index in [1.807, 2.05) is 54.6 Å². The summed E-state index contributed by atoms with van der Waals surface area (Å²) in [6.07, 6.45) is 5.95. The summed E-state index contributed by atoms with van der Waals surface area (Å²) >= 11 is 0. The van der Waals surface area contributed by atoms with E-state index in [0.29, 0.717) is 11.1 Å². The quantitative estimate of drug-likeness (QED) is 0.161. The number of para-hydroxylation sites is 4. The number of hydrogen-bond donors (Lipinski definition) is 0. The Morgan fingerprint density at radius 3 is 1.91 bits per heavy atom. The van der Waals surface area contributed by atoms with E-state index < -0.39 is 0 Å². The van der Waals surface area contributed by atoms with Crippen LogP contribution in [-0.4, -0.2) is 13.7 Å². The van der Waals surface area contributed by atoms with Crippen LogP contribution in [0.3, 0.4) is 0 Å². The van der Waals surface area contributed by atoms with Crippen molar-refractivity contribution in [3.63, 3.8) is 0 Å². The highest BCUT2D eigenvalue weighted by molar-refractivity contribution is 6.11. The number of hydrogen-bond acceptors (Lipinski definition) is 2. The molecule has 5 heteroatoms. The van der Waals surface area contributed by atoms with Gasteiger partial charge in [-0.1, -0.05) is 104 Å². The number of allylic oxidation sites excluding steroid dienone is 2. The van der Waals surface area contributed by atoms with E-state index in [1.165, 1.54) is 21.7 Å². The van der Waals surface area contributed by atoms with Crippen LogP contribution in [0.5, 0.6) is 0 Å². The Balaban J connectivity index is 1.22. The zero-order valence-corrected chi connectivity index (χ0v) is 30.6. The maximum atomic E-state index is 10.6. The Morgan fingerprint density at radius 1 is 0.518 bits per heavy atom. The lowest BCUT2D eigenvalue weighted by Gasteiger charge is -2.17. The minimum absolute atomic E-state index is 0.567. The van der Waals surface area contributed by atoms with Crippen molar-refractivity contribution in [2.24, 2.45) is 0 Å². The molecule has 0 aliphatic heterocycles. The summed E-state index contributed by atoms with van der Waals surface area (Å²) in [5.74, 6) is 0. The minimum Gasteiger partial charge on any atom is -0.310 e. The third-order valence-corrected chi connectivity index (χ3v) is 11.1. The van der Waals surface area contributed by atoms with E-state index in [1.54, 1.807) is 0 Å². The fourth-order valence-corrected chi connectivity index (χ4v) is 8.64. The van der Waals surface area contributed by atoms with Gasteiger partial charge in [-0.15, -0.1) is 0 Å². The molecule has 0 saturated heterocycles. The van der Waals surface area contributed by atoms with Crippen molar-refractivity contribution < 1.29 is 0 Å². The van der Waals surface area contributed by atoms with Crippen LogP contribution < -0.4 is 0 Å². The second-order valence-electron chi connectivity index (χ2n) is 14.1. The topological polar surface area (TPSA) is 62.4 Å². The van der Waals surface area contributed by atoms with Gasteiger partial charge < -0.3 is 13.7 Å². The lowest BCUT2D eigenvalue weighted by atomic mass is 9.99. The van der Waals surface area contributed by atoms with Crippen LogP contribution in [0, 0.1) is 29.6 Å². The van der Waals surface area contributed by atoms with Crippen LogP contribution in [-0.2, 0) is 0 Å². The van der Waals surface area contributed by atoms with Crippen LogP contribution in [0.15, 0.2) is 170 Å². The Hall–Kier alpha value is -7.86. The van der Waals surface area contributed by atoms with E-state index in [2.05, 4.69) is 155 Å². The van der Waals surface area contributed by atoms with Crippen LogP contribution in [0.4, 0.5) is 0 Å². The van der Waals surface area contributed by atoms with E-state index in [9.17, 15) is 10.5 Å². The largest absolute Gasteiger partial charge is 0.310 e. The Morgan fingerprint density at radius 2 is 1.16 bits per heavy atom. The van der Waals surface area contributed by atoms with Gasteiger partial charge in [0.15, 0.2) is 0 Å². The minimum atomic E-state index is 0.567. The summed E-state index contributed by atoms with van der Waals surface area (Å²) in [5.41, 5.74) is 13.6. The summed E-state index contributed by atoms with van der Waals surface area (Å²) in [6, 6.07) is 57.2. The van der Waals surface area contributed by atoms with Gasteiger partial charge in [-0.2, -0.15) is 10.5 Å². The smallest absolute Gasteiger partial charge is 0.101 e. The molecular formula is C51H33N5. The van der Waals surface area contributed by atoms with Crippen molar-refractivity contribution >= 4 is 60.6 Å². The van der Waals surface area contributed by atoms with Gasteiger partial charge in [0.05, 0.1) is 50.5 Å².